The van der Waals surface area contributed by atoms with E-state index in [0.717, 1.165) is 11.1 Å². The first kappa shape index (κ1) is 15.1. The zero-order valence-corrected chi connectivity index (χ0v) is 12.7. The van der Waals surface area contributed by atoms with Crippen molar-refractivity contribution in [2.45, 2.75) is 33.4 Å². The lowest BCUT2D eigenvalue weighted by molar-refractivity contribution is 0.0690. The fraction of sp³-hybridized carbons (Fsp3) is 0.278. The van der Waals surface area contributed by atoms with Crippen molar-refractivity contribution in [2.24, 2.45) is 0 Å². The Hall–Kier alpha value is -2.29. The molecule has 3 nitrogen and oxygen atoms in total. The molecule has 0 saturated heterocycles. The van der Waals surface area contributed by atoms with Gasteiger partial charge in [-0.25, -0.2) is 0 Å². The highest BCUT2D eigenvalue weighted by atomic mass is 16.3. The molecule has 0 aromatic heterocycles. The standard InChI is InChI=1S/C18H21NO2/c1-13(2)19(12-15-7-5-4-6-8-15)18(21)16-10-9-14(3)17(20)11-16/h4-11,13,20H,12H2,1-3H3. The maximum Gasteiger partial charge on any atom is 0.254 e. The minimum atomic E-state index is -0.0656. The quantitative estimate of drug-likeness (QED) is 0.928. The van der Waals surface area contributed by atoms with Gasteiger partial charge in [0.15, 0.2) is 0 Å². The second-order valence-corrected chi connectivity index (χ2v) is 5.51. The summed E-state index contributed by atoms with van der Waals surface area (Å²) >= 11 is 0. The zero-order valence-electron chi connectivity index (χ0n) is 12.7. The lowest BCUT2D eigenvalue weighted by Gasteiger charge is -2.27. The Morgan fingerprint density at radius 2 is 1.81 bits per heavy atom. The van der Waals surface area contributed by atoms with E-state index in [1.807, 2.05) is 51.1 Å². The number of benzene rings is 2. The Bertz CT molecular complexity index is 620. The molecule has 0 aliphatic heterocycles. The van der Waals surface area contributed by atoms with E-state index in [2.05, 4.69) is 0 Å². The summed E-state index contributed by atoms with van der Waals surface area (Å²) in [5.41, 5.74) is 2.38. The molecule has 2 aromatic rings. The number of aromatic hydroxyl groups is 1. The highest BCUT2D eigenvalue weighted by Crippen LogP contribution is 2.20. The van der Waals surface area contributed by atoms with Gasteiger partial charge < -0.3 is 10.0 Å². The number of hydrogen-bond acceptors (Lipinski definition) is 2. The van der Waals surface area contributed by atoms with Crippen LogP contribution >= 0.6 is 0 Å². The predicted molar refractivity (Wildman–Crippen MR) is 84.3 cm³/mol. The van der Waals surface area contributed by atoms with E-state index in [1.54, 1.807) is 17.0 Å². The van der Waals surface area contributed by atoms with E-state index in [9.17, 15) is 9.90 Å². The second kappa shape index (κ2) is 6.44. The molecule has 0 unspecified atom stereocenters. The fourth-order valence-corrected chi connectivity index (χ4v) is 2.18. The van der Waals surface area contributed by atoms with Crippen LogP contribution in [0.5, 0.6) is 5.75 Å². The summed E-state index contributed by atoms with van der Waals surface area (Å²) in [4.78, 5) is 14.5. The molecular formula is C18H21NO2. The molecular weight excluding hydrogens is 262 g/mol. The summed E-state index contributed by atoms with van der Waals surface area (Å²) in [5, 5.41) is 9.79. The Balaban J connectivity index is 2.25. The summed E-state index contributed by atoms with van der Waals surface area (Å²) < 4.78 is 0. The van der Waals surface area contributed by atoms with Gasteiger partial charge in [-0.1, -0.05) is 36.4 Å². The lowest BCUT2D eigenvalue weighted by atomic mass is 10.1. The van der Waals surface area contributed by atoms with Crippen molar-refractivity contribution in [2.75, 3.05) is 0 Å². The third-order valence-electron chi connectivity index (χ3n) is 3.54. The van der Waals surface area contributed by atoms with Crippen LogP contribution in [-0.2, 0) is 6.54 Å². The molecule has 0 radical (unpaired) electrons. The molecule has 1 N–H and O–H groups in total. The van der Waals surface area contributed by atoms with E-state index >= 15 is 0 Å². The van der Waals surface area contributed by atoms with Crippen LogP contribution < -0.4 is 0 Å². The monoisotopic (exact) mass is 283 g/mol. The molecule has 21 heavy (non-hydrogen) atoms. The van der Waals surface area contributed by atoms with E-state index in [1.165, 1.54) is 6.07 Å². The van der Waals surface area contributed by atoms with Crippen molar-refractivity contribution >= 4 is 5.91 Å². The predicted octanol–water partition coefficient (Wildman–Crippen LogP) is 3.75. The fourth-order valence-electron chi connectivity index (χ4n) is 2.18. The molecule has 0 heterocycles. The second-order valence-electron chi connectivity index (χ2n) is 5.51. The van der Waals surface area contributed by atoms with Crippen molar-refractivity contribution in [3.05, 3.63) is 65.2 Å². The van der Waals surface area contributed by atoms with E-state index in [4.69, 9.17) is 0 Å². The largest absolute Gasteiger partial charge is 0.508 e. The average molecular weight is 283 g/mol. The molecule has 0 aliphatic rings. The molecule has 0 fully saturated rings. The SMILES string of the molecule is Cc1ccc(C(=O)N(Cc2ccccc2)C(C)C)cc1O. The van der Waals surface area contributed by atoms with Crippen LogP contribution in [0.2, 0.25) is 0 Å². The Morgan fingerprint density at radius 1 is 1.14 bits per heavy atom. The van der Waals surface area contributed by atoms with E-state index in [0.29, 0.717) is 12.1 Å². The molecule has 3 heteroatoms. The van der Waals surface area contributed by atoms with Crippen molar-refractivity contribution in [3.8, 4) is 5.75 Å². The summed E-state index contributed by atoms with van der Waals surface area (Å²) in [6, 6.07) is 15.1. The molecule has 0 spiro atoms. The van der Waals surface area contributed by atoms with Crippen molar-refractivity contribution < 1.29 is 9.90 Å². The van der Waals surface area contributed by atoms with Crippen LogP contribution in [0.25, 0.3) is 0 Å². The van der Waals surface area contributed by atoms with Crippen molar-refractivity contribution in [3.63, 3.8) is 0 Å². The highest BCUT2D eigenvalue weighted by Gasteiger charge is 2.19. The number of amides is 1. The number of carbonyl (C=O) groups is 1. The lowest BCUT2D eigenvalue weighted by Crippen LogP contribution is -2.36. The van der Waals surface area contributed by atoms with Gasteiger partial charge in [0.2, 0.25) is 0 Å². The van der Waals surface area contributed by atoms with E-state index in [-0.39, 0.29) is 17.7 Å². The zero-order chi connectivity index (χ0) is 15.4. The number of phenols is 1. The summed E-state index contributed by atoms with van der Waals surface area (Å²) in [5.74, 6) is 0.0911. The summed E-state index contributed by atoms with van der Waals surface area (Å²) in [6.07, 6.45) is 0. The third kappa shape index (κ3) is 3.63. The highest BCUT2D eigenvalue weighted by molar-refractivity contribution is 5.94. The molecule has 110 valence electrons. The van der Waals surface area contributed by atoms with Crippen molar-refractivity contribution in [1.29, 1.82) is 0 Å². The van der Waals surface area contributed by atoms with Gasteiger partial charge in [-0.05, 0) is 44.0 Å². The molecule has 2 aromatic carbocycles. The molecule has 0 saturated carbocycles. The van der Waals surface area contributed by atoms with Crippen molar-refractivity contribution in [1.82, 2.24) is 4.90 Å². The van der Waals surface area contributed by atoms with Gasteiger partial charge in [0.05, 0.1) is 0 Å². The number of phenolic OH excluding ortho intramolecular Hbond substituents is 1. The number of aryl methyl sites for hydroxylation is 1. The first-order valence-electron chi connectivity index (χ1n) is 7.13. The number of carbonyl (C=O) groups excluding carboxylic acids is 1. The minimum Gasteiger partial charge on any atom is -0.508 e. The number of hydrogen-bond donors (Lipinski definition) is 1. The Kier molecular flexibility index (Phi) is 4.63. The van der Waals surface area contributed by atoms with Gasteiger partial charge in [-0.2, -0.15) is 0 Å². The smallest absolute Gasteiger partial charge is 0.254 e. The molecule has 0 bridgehead atoms. The normalized spacial score (nSPS) is 10.7. The van der Waals surface area contributed by atoms with Gasteiger partial charge >= 0.3 is 0 Å². The van der Waals surface area contributed by atoms with Gasteiger partial charge in [0.1, 0.15) is 5.75 Å². The number of nitrogens with zero attached hydrogens (tertiary/aromatic N) is 1. The average Bonchev–Trinajstić information content (AvgIpc) is 2.47. The first-order chi connectivity index (χ1) is 9.99. The maximum absolute atomic E-state index is 12.7. The van der Waals surface area contributed by atoms with Gasteiger partial charge in [0, 0.05) is 18.2 Å². The molecule has 2 rings (SSSR count). The van der Waals surface area contributed by atoms with Crippen LogP contribution in [0, 0.1) is 6.92 Å². The first-order valence-corrected chi connectivity index (χ1v) is 7.13. The molecule has 1 amide bonds. The molecule has 0 atom stereocenters. The van der Waals surface area contributed by atoms with Crippen LogP contribution in [0.15, 0.2) is 48.5 Å². The van der Waals surface area contributed by atoms with Crippen LogP contribution in [0.3, 0.4) is 0 Å². The Labute approximate surface area is 125 Å². The minimum absolute atomic E-state index is 0.0656. The van der Waals surface area contributed by atoms with Gasteiger partial charge in [-0.3, -0.25) is 4.79 Å². The van der Waals surface area contributed by atoms with Gasteiger partial charge in [0.25, 0.3) is 5.91 Å². The number of rotatable bonds is 4. The molecule has 0 aliphatic carbocycles. The maximum atomic E-state index is 12.7. The van der Waals surface area contributed by atoms with Crippen LogP contribution in [-0.4, -0.2) is 22.0 Å². The topological polar surface area (TPSA) is 40.5 Å². The third-order valence-corrected chi connectivity index (χ3v) is 3.54. The van der Waals surface area contributed by atoms with E-state index < -0.39 is 0 Å². The summed E-state index contributed by atoms with van der Waals surface area (Å²) in [7, 11) is 0. The van der Waals surface area contributed by atoms with Crippen LogP contribution in [0.1, 0.15) is 35.3 Å². The van der Waals surface area contributed by atoms with Crippen LogP contribution in [0.4, 0.5) is 0 Å². The summed E-state index contributed by atoms with van der Waals surface area (Å²) in [6.45, 7) is 6.36. The van der Waals surface area contributed by atoms with Gasteiger partial charge in [-0.15, -0.1) is 0 Å². The Morgan fingerprint density at radius 3 is 2.38 bits per heavy atom.